The number of hydroxylamine groups is 1. The highest BCUT2D eigenvalue weighted by Gasteiger charge is 2.03. The fourth-order valence-electron chi connectivity index (χ4n) is 0.699. The molecule has 0 fully saturated rings. The molecule has 0 bridgehead atoms. The number of hydrogen-bond acceptors (Lipinski definition) is 5. The van der Waals surface area contributed by atoms with E-state index in [-0.39, 0.29) is 6.54 Å². The zero-order valence-corrected chi connectivity index (χ0v) is 7.60. The van der Waals surface area contributed by atoms with Gasteiger partial charge >= 0.3 is 12.0 Å². The molecule has 0 unspecified atom stereocenters. The van der Waals surface area contributed by atoms with Gasteiger partial charge in [-0.15, -0.1) is 0 Å². The third-order valence-electron chi connectivity index (χ3n) is 1.28. The number of rotatable bonds is 5. The van der Waals surface area contributed by atoms with Crippen molar-refractivity contribution in [2.24, 2.45) is 0 Å². The van der Waals surface area contributed by atoms with Gasteiger partial charge in [-0.25, -0.2) is 15.1 Å². The summed E-state index contributed by atoms with van der Waals surface area (Å²) >= 11 is 0. The van der Waals surface area contributed by atoms with Crippen LogP contribution in [0.3, 0.4) is 0 Å². The van der Waals surface area contributed by atoms with E-state index in [9.17, 15) is 9.59 Å². The standard InChI is InChI=1S/C7H9N3O5/c11-6(12)4-15-10-7(13)8-3-5-1-2-14-9-5/h1-2H,3-4H2,(H,11,12)(H2,8,10,13). The van der Waals surface area contributed by atoms with Gasteiger partial charge in [-0.05, 0) is 0 Å². The summed E-state index contributed by atoms with van der Waals surface area (Å²) in [6, 6.07) is 0.928. The number of carbonyl (C=O) groups is 2. The third kappa shape index (κ3) is 4.62. The number of nitrogens with zero attached hydrogens (tertiary/aromatic N) is 1. The molecular formula is C7H9N3O5. The molecular weight excluding hydrogens is 206 g/mol. The van der Waals surface area contributed by atoms with Crippen LogP contribution in [0, 0.1) is 0 Å². The first-order valence-corrected chi connectivity index (χ1v) is 3.95. The van der Waals surface area contributed by atoms with Crippen molar-refractivity contribution < 1.29 is 24.1 Å². The number of amides is 2. The molecule has 0 aliphatic carbocycles. The van der Waals surface area contributed by atoms with Gasteiger partial charge in [-0.1, -0.05) is 5.16 Å². The molecule has 0 atom stereocenters. The molecule has 0 saturated carbocycles. The van der Waals surface area contributed by atoms with Crippen LogP contribution in [0.15, 0.2) is 16.9 Å². The third-order valence-corrected chi connectivity index (χ3v) is 1.28. The number of aliphatic carboxylic acids is 1. The molecule has 0 radical (unpaired) electrons. The fraction of sp³-hybridized carbons (Fsp3) is 0.286. The van der Waals surface area contributed by atoms with Crippen LogP contribution in [0.5, 0.6) is 0 Å². The average molecular weight is 215 g/mol. The van der Waals surface area contributed by atoms with Gasteiger partial charge in [0.25, 0.3) is 0 Å². The summed E-state index contributed by atoms with van der Waals surface area (Å²) in [5.74, 6) is -1.17. The van der Waals surface area contributed by atoms with E-state index < -0.39 is 18.6 Å². The second-order valence-corrected chi connectivity index (χ2v) is 2.46. The molecule has 0 aliphatic heterocycles. The van der Waals surface area contributed by atoms with Crippen molar-refractivity contribution in [3.63, 3.8) is 0 Å². The number of nitrogens with one attached hydrogen (secondary N) is 2. The second-order valence-electron chi connectivity index (χ2n) is 2.46. The Labute approximate surface area is 84.1 Å². The summed E-state index contributed by atoms with van der Waals surface area (Å²) in [5, 5.41) is 14.1. The molecule has 1 heterocycles. The quantitative estimate of drug-likeness (QED) is 0.570. The topological polar surface area (TPSA) is 114 Å². The first kappa shape index (κ1) is 11.0. The van der Waals surface area contributed by atoms with Gasteiger partial charge in [-0.2, -0.15) is 0 Å². The molecule has 0 aliphatic rings. The number of hydrogen-bond donors (Lipinski definition) is 3. The van der Waals surface area contributed by atoms with Crippen LogP contribution in [-0.2, 0) is 16.2 Å². The van der Waals surface area contributed by atoms with Gasteiger partial charge in [-0.3, -0.25) is 4.84 Å². The van der Waals surface area contributed by atoms with Crippen molar-refractivity contribution in [1.29, 1.82) is 0 Å². The lowest BCUT2D eigenvalue weighted by Crippen LogP contribution is -2.36. The highest BCUT2D eigenvalue weighted by Crippen LogP contribution is 1.92. The molecule has 15 heavy (non-hydrogen) atoms. The molecule has 8 nitrogen and oxygen atoms in total. The minimum Gasteiger partial charge on any atom is -0.479 e. The maximum Gasteiger partial charge on any atom is 0.339 e. The molecule has 0 saturated heterocycles. The van der Waals surface area contributed by atoms with E-state index in [2.05, 4.69) is 19.8 Å². The minimum absolute atomic E-state index is 0.165. The van der Waals surface area contributed by atoms with Crippen molar-refractivity contribution in [1.82, 2.24) is 16.0 Å². The summed E-state index contributed by atoms with van der Waals surface area (Å²) in [5.41, 5.74) is 2.43. The predicted molar refractivity (Wildman–Crippen MR) is 45.5 cm³/mol. The van der Waals surface area contributed by atoms with E-state index in [1.165, 1.54) is 6.26 Å². The summed E-state index contributed by atoms with van der Waals surface area (Å²) in [7, 11) is 0. The zero-order valence-electron chi connectivity index (χ0n) is 7.60. The normalized spacial score (nSPS) is 9.60. The van der Waals surface area contributed by atoms with E-state index in [0.29, 0.717) is 5.69 Å². The van der Waals surface area contributed by atoms with Gasteiger partial charge in [0.05, 0.1) is 6.54 Å². The van der Waals surface area contributed by atoms with Crippen molar-refractivity contribution in [2.75, 3.05) is 6.61 Å². The van der Waals surface area contributed by atoms with Gasteiger partial charge < -0.3 is 14.9 Å². The van der Waals surface area contributed by atoms with Crippen molar-refractivity contribution in [2.45, 2.75) is 6.54 Å². The molecule has 1 rings (SSSR count). The van der Waals surface area contributed by atoms with Crippen LogP contribution in [0.2, 0.25) is 0 Å². The Morgan fingerprint density at radius 2 is 2.40 bits per heavy atom. The van der Waals surface area contributed by atoms with Crippen molar-refractivity contribution in [3.05, 3.63) is 18.0 Å². The Morgan fingerprint density at radius 3 is 3.00 bits per heavy atom. The molecule has 0 spiro atoms. The first-order chi connectivity index (χ1) is 7.18. The van der Waals surface area contributed by atoms with E-state index in [0.717, 1.165) is 0 Å². The van der Waals surface area contributed by atoms with Gasteiger partial charge in [0.1, 0.15) is 12.0 Å². The van der Waals surface area contributed by atoms with Crippen LogP contribution >= 0.6 is 0 Å². The summed E-state index contributed by atoms with van der Waals surface area (Å²) in [6.45, 7) is -0.434. The van der Waals surface area contributed by atoms with E-state index in [1.807, 2.05) is 5.48 Å². The summed E-state index contributed by atoms with van der Waals surface area (Å²) < 4.78 is 4.53. The SMILES string of the molecule is O=C(O)CONC(=O)NCc1ccon1. The molecule has 0 aromatic carbocycles. The van der Waals surface area contributed by atoms with Gasteiger partial charge in [0, 0.05) is 6.07 Å². The Bertz CT molecular complexity index is 323. The largest absolute Gasteiger partial charge is 0.479 e. The van der Waals surface area contributed by atoms with E-state index in [4.69, 9.17) is 5.11 Å². The first-order valence-electron chi connectivity index (χ1n) is 3.95. The minimum atomic E-state index is -1.17. The number of urea groups is 1. The van der Waals surface area contributed by atoms with Gasteiger partial charge in [0.15, 0.2) is 6.61 Å². The lowest BCUT2D eigenvalue weighted by Gasteiger charge is -2.04. The number of carbonyl (C=O) groups excluding carboxylic acids is 1. The molecule has 82 valence electrons. The number of aromatic nitrogens is 1. The monoisotopic (exact) mass is 215 g/mol. The van der Waals surface area contributed by atoms with Gasteiger partial charge in [0.2, 0.25) is 0 Å². The van der Waals surface area contributed by atoms with Crippen molar-refractivity contribution in [3.8, 4) is 0 Å². The van der Waals surface area contributed by atoms with Crippen LogP contribution in [0.25, 0.3) is 0 Å². The molecule has 1 aromatic rings. The van der Waals surface area contributed by atoms with E-state index >= 15 is 0 Å². The highest BCUT2D eigenvalue weighted by molar-refractivity contribution is 5.73. The zero-order chi connectivity index (χ0) is 11.1. The fourth-order valence-corrected chi connectivity index (χ4v) is 0.699. The molecule has 1 aromatic heterocycles. The summed E-state index contributed by atoms with van der Waals surface area (Å²) in [6.07, 6.45) is 1.37. The maximum absolute atomic E-state index is 10.9. The number of carboxylic acids is 1. The highest BCUT2D eigenvalue weighted by atomic mass is 16.7. The Kier molecular flexibility index (Phi) is 4.10. The average Bonchev–Trinajstić information content (AvgIpc) is 2.66. The molecule has 8 heteroatoms. The smallest absolute Gasteiger partial charge is 0.339 e. The molecule has 2 amide bonds. The second kappa shape index (κ2) is 5.60. The number of carboxylic acid groups (broad SMARTS) is 1. The van der Waals surface area contributed by atoms with Crippen LogP contribution < -0.4 is 10.8 Å². The summed E-state index contributed by atoms with van der Waals surface area (Å²) in [4.78, 5) is 25.2. The Balaban J connectivity index is 2.11. The Morgan fingerprint density at radius 1 is 1.60 bits per heavy atom. The predicted octanol–water partition coefficient (Wildman–Crippen LogP) is -0.510. The van der Waals surface area contributed by atoms with Crippen LogP contribution in [0.1, 0.15) is 5.69 Å². The maximum atomic E-state index is 10.9. The van der Waals surface area contributed by atoms with E-state index in [1.54, 1.807) is 6.07 Å². The molecule has 3 N–H and O–H groups in total. The lowest BCUT2D eigenvalue weighted by atomic mass is 10.4. The van der Waals surface area contributed by atoms with Crippen LogP contribution in [-0.4, -0.2) is 28.9 Å². The van der Waals surface area contributed by atoms with Crippen molar-refractivity contribution >= 4 is 12.0 Å². The van der Waals surface area contributed by atoms with Crippen LogP contribution in [0.4, 0.5) is 4.79 Å². The lowest BCUT2D eigenvalue weighted by molar-refractivity contribution is -0.144. The Hall–Kier alpha value is -2.09.